The summed E-state index contributed by atoms with van der Waals surface area (Å²) in [7, 11) is 0. The van der Waals surface area contributed by atoms with Crippen LogP contribution in [0.3, 0.4) is 0 Å². The van der Waals surface area contributed by atoms with Crippen LogP contribution < -0.4 is 0 Å². The largest absolute Gasteiger partial charge is 0.452 e. The summed E-state index contributed by atoms with van der Waals surface area (Å²) in [6.07, 6.45) is 3.57. The van der Waals surface area contributed by atoms with Crippen molar-refractivity contribution >= 4 is 65.7 Å². The Hall–Kier alpha value is -8.94. The van der Waals surface area contributed by atoms with E-state index >= 15 is 0 Å². The molecule has 5 aromatic heterocycles. The monoisotopic (exact) mass is 848 g/mol. The fourth-order valence-corrected chi connectivity index (χ4v) is 9.34. The Morgan fingerprint density at radius 3 is 1.70 bits per heavy atom. The van der Waals surface area contributed by atoms with Gasteiger partial charge in [-0.3, -0.25) is 4.98 Å². The van der Waals surface area contributed by atoms with Crippen LogP contribution in [0, 0.1) is 0 Å². The number of hydrogen-bond donors (Lipinski definition) is 0. The minimum atomic E-state index is 0.617. The average molecular weight is 849 g/mol. The number of para-hydroxylation sites is 3. The van der Waals surface area contributed by atoms with Crippen LogP contribution in [0.2, 0.25) is 0 Å². The van der Waals surface area contributed by atoms with Gasteiger partial charge < -0.3 is 13.6 Å². The highest BCUT2D eigenvalue weighted by molar-refractivity contribution is 6.14. The van der Waals surface area contributed by atoms with Gasteiger partial charge in [-0.1, -0.05) is 140 Å². The molecule has 0 fully saturated rings. The van der Waals surface area contributed by atoms with Crippen molar-refractivity contribution in [3.05, 3.63) is 219 Å². The summed E-state index contributed by atoms with van der Waals surface area (Å²) in [5, 5.41) is 5.73. The van der Waals surface area contributed by atoms with Crippen LogP contribution in [0.15, 0.2) is 223 Å². The zero-order valence-corrected chi connectivity index (χ0v) is 36.0. The van der Waals surface area contributed by atoms with Gasteiger partial charge >= 0.3 is 0 Å². The van der Waals surface area contributed by atoms with Crippen molar-refractivity contribution in [2.75, 3.05) is 0 Å². The predicted octanol–water partition coefficient (Wildman–Crippen LogP) is 15.2. The summed E-state index contributed by atoms with van der Waals surface area (Å²) in [4.78, 5) is 19.7. The van der Waals surface area contributed by atoms with Crippen molar-refractivity contribution in [2.24, 2.45) is 0 Å². The summed E-state index contributed by atoms with van der Waals surface area (Å²) in [6.45, 7) is 5.25. The molecule has 0 radical (unpaired) electrons. The van der Waals surface area contributed by atoms with E-state index in [4.69, 9.17) is 19.4 Å². The molecule has 312 valence electrons. The lowest BCUT2D eigenvalue weighted by atomic mass is 10.0. The quantitative estimate of drug-likeness (QED) is 0.156. The number of benzene rings is 8. The van der Waals surface area contributed by atoms with E-state index in [1.54, 1.807) is 6.08 Å². The SMILES string of the molecule is C=CC.c1ccc(-c2nc(-c3ccccc3)nc(-c3cccc(-n4c5ccccc5c5ccc(-c6ccc7c(c6)c6ccccc6n7-c6cccc7c6oc6cccnc67)cc54)c3)n2)cc1. The first kappa shape index (κ1) is 38.7. The van der Waals surface area contributed by atoms with Crippen LogP contribution >= 0.6 is 0 Å². The van der Waals surface area contributed by atoms with Crippen LogP contribution in [0.4, 0.5) is 0 Å². The smallest absolute Gasteiger partial charge is 0.164 e. The highest BCUT2D eigenvalue weighted by atomic mass is 16.3. The topological polar surface area (TPSA) is 74.6 Å². The van der Waals surface area contributed by atoms with Gasteiger partial charge in [0.1, 0.15) is 5.52 Å². The van der Waals surface area contributed by atoms with E-state index in [0.29, 0.717) is 17.5 Å². The molecule has 0 N–H and O–H groups in total. The van der Waals surface area contributed by atoms with Gasteiger partial charge in [0, 0.05) is 55.5 Å². The Labute approximate surface area is 380 Å². The van der Waals surface area contributed by atoms with Gasteiger partial charge in [0.05, 0.1) is 27.8 Å². The molecule has 8 aromatic carbocycles. The molecule has 0 saturated heterocycles. The molecular weight excluding hydrogens is 809 g/mol. The summed E-state index contributed by atoms with van der Waals surface area (Å²) >= 11 is 0. The Bertz CT molecular complexity index is 3920. The van der Waals surface area contributed by atoms with Crippen molar-refractivity contribution in [3.8, 4) is 56.7 Å². The minimum Gasteiger partial charge on any atom is -0.452 e. The van der Waals surface area contributed by atoms with Gasteiger partial charge in [-0.05, 0) is 84.8 Å². The van der Waals surface area contributed by atoms with Crippen LogP contribution in [0.1, 0.15) is 6.92 Å². The van der Waals surface area contributed by atoms with E-state index in [9.17, 15) is 0 Å². The predicted molar refractivity (Wildman–Crippen MR) is 271 cm³/mol. The molecule has 13 rings (SSSR count). The number of nitrogens with zero attached hydrogens (tertiary/aromatic N) is 6. The standard InChI is InChI=1S/C56H34N6O.C3H6/c1-3-14-35(15-4-1)54-58-55(36-16-5-2-6-17-36)60-56(59-54)39-18-11-19-40(32-39)61-46-23-9-7-20-41(46)43-29-27-38(34-50(43)61)37-28-30-48-45(33-37)42-21-8-10-24-47(42)62(48)49-25-12-22-44-52-51(63-53(44)49)26-13-31-57-52;1-3-2/h1-34H;3H,1H2,2H3. The van der Waals surface area contributed by atoms with E-state index in [-0.39, 0.29) is 0 Å². The van der Waals surface area contributed by atoms with Crippen molar-refractivity contribution in [3.63, 3.8) is 0 Å². The lowest BCUT2D eigenvalue weighted by Gasteiger charge is -2.12. The number of hydrogen-bond acceptors (Lipinski definition) is 5. The summed E-state index contributed by atoms with van der Waals surface area (Å²) in [5.74, 6) is 1.89. The Kier molecular flexibility index (Phi) is 9.39. The van der Waals surface area contributed by atoms with Crippen LogP contribution in [0.5, 0.6) is 0 Å². The van der Waals surface area contributed by atoms with E-state index in [1.165, 1.54) is 21.5 Å². The number of aromatic nitrogens is 6. The second-order valence-electron chi connectivity index (χ2n) is 16.3. The zero-order valence-electron chi connectivity index (χ0n) is 36.0. The maximum atomic E-state index is 6.50. The van der Waals surface area contributed by atoms with Gasteiger partial charge in [0.15, 0.2) is 28.6 Å². The molecule has 0 aliphatic rings. The molecule has 5 heterocycles. The molecule has 0 aliphatic carbocycles. The van der Waals surface area contributed by atoms with E-state index in [0.717, 1.165) is 83.3 Å². The third-order valence-electron chi connectivity index (χ3n) is 12.2. The molecule has 66 heavy (non-hydrogen) atoms. The van der Waals surface area contributed by atoms with Gasteiger partial charge in [-0.2, -0.15) is 0 Å². The third kappa shape index (κ3) is 6.44. The number of pyridine rings is 1. The first-order valence-electron chi connectivity index (χ1n) is 22.0. The van der Waals surface area contributed by atoms with Gasteiger partial charge in [-0.15, -0.1) is 6.58 Å². The fraction of sp³-hybridized carbons (Fsp3) is 0.0169. The van der Waals surface area contributed by atoms with Gasteiger partial charge in [0.2, 0.25) is 0 Å². The van der Waals surface area contributed by atoms with Gasteiger partial charge in [0.25, 0.3) is 0 Å². The molecule has 0 amide bonds. The first-order chi connectivity index (χ1) is 32.6. The highest BCUT2D eigenvalue weighted by Crippen LogP contribution is 2.41. The Balaban J connectivity index is 0.00000148. The Morgan fingerprint density at radius 1 is 0.424 bits per heavy atom. The van der Waals surface area contributed by atoms with Crippen LogP contribution in [-0.4, -0.2) is 29.1 Å². The number of fused-ring (bicyclic) bond motifs is 9. The molecule has 7 heteroatoms. The summed E-state index contributed by atoms with van der Waals surface area (Å²) < 4.78 is 11.2. The lowest BCUT2D eigenvalue weighted by Crippen LogP contribution is -2.01. The highest BCUT2D eigenvalue weighted by Gasteiger charge is 2.20. The van der Waals surface area contributed by atoms with Crippen molar-refractivity contribution < 1.29 is 4.42 Å². The molecule has 0 spiro atoms. The maximum Gasteiger partial charge on any atom is 0.164 e. The molecule has 0 bridgehead atoms. The molecule has 0 saturated carbocycles. The summed E-state index contributed by atoms with van der Waals surface area (Å²) in [5.41, 5.74) is 14.0. The molecule has 0 aliphatic heterocycles. The minimum absolute atomic E-state index is 0.617. The normalized spacial score (nSPS) is 11.5. The van der Waals surface area contributed by atoms with Crippen molar-refractivity contribution in [2.45, 2.75) is 6.92 Å². The van der Waals surface area contributed by atoms with Crippen LogP contribution in [0.25, 0.3) is 122 Å². The van der Waals surface area contributed by atoms with E-state index in [2.05, 4.69) is 148 Å². The van der Waals surface area contributed by atoms with E-state index in [1.807, 2.05) is 85.9 Å². The van der Waals surface area contributed by atoms with E-state index < -0.39 is 0 Å². The van der Waals surface area contributed by atoms with Crippen LogP contribution in [-0.2, 0) is 0 Å². The number of allylic oxidation sites excluding steroid dienone is 1. The average Bonchev–Trinajstić information content (AvgIpc) is 4.04. The lowest BCUT2D eigenvalue weighted by molar-refractivity contribution is 0.665. The second kappa shape index (κ2) is 16.0. The number of furan rings is 1. The molecule has 0 unspecified atom stereocenters. The third-order valence-corrected chi connectivity index (χ3v) is 12.2. The molecular formula is C59H40N6O. The molecule has 7 nitrogen and oxygen atoms in total. The summed E-state index contributed by atoms with van der Waals surface area (Å²) in [6, 6.07) is 69.9. The second-order valence-corrected chi connectivity index (χ2v) is 16.3. The molecule has 0 atom stereocenters. The van der Waals surface area contributed by atoms with Crippen molar-refractivity contribution in [1.29, 1.82) is 0 Å². The van der Waals surface area contributed by atoms with Crippen molar-refractivity contribution in [1.82, 2.24) is 29.1 Å². The first-order valence-corrected chi connectivity index (χ1v) is 22.0. The maximum absolute atomic E-state index is 6.50. The number of rotatable bonds is 6. The fourth-order valence-electron chi connectivity index (χ4n) is 9.34. The molecule has 13 aromatic rings. The Morgan fingerprint density at radius 2 is 0.970 bits per heavy atom. The zero-order chi connectivity index (χ0) is 44.1. The van der Waals surface area contributed by atoms with Gasteiger partial charge in [-0.25, -0.2) is 15.0 Å².